The number of ketones is 1. The van der Waals surface area contributed by atoms with Gasteiger partial charge >= 0.3 is 0 Å². The summed E-state index contributed by atoms with van der Waals surface area (Å²) < 4.78 is 27.8. The molecule has 1 heterocycles. The molecule has 0 aliphatic carbocycles. The van der Waals surface area contributed by atoms with Crippen LogP contribution < -0.4 is 0 Å². The second-order valence-electron chi connectivity index (χ2n) is 6.26. The first-order valence-electron chi connectivity index (χ1n) is 8.54. The monoisotopic (exact) mass is 375 g/mol. The Kier molecular flexibility index (Phi) is 4.38. The topological polar surface area (TPSA) is 54.5 Å². The number of nitrogens with zero attached hydrogens (tertiary/aromatic N) is 1. The van der Waals surface area contributed by atoms with Gasteiger partial charge in [-0.1, -0.05) is 72.8 Å². The maximum absolute atomic E-state index is 13.3. The second-order valence-corrected chi connectivity index (χ2v) is 8.09. The average Bonchev–Trinajstić information content (AvgIpc) is 2.71. The lowest BCUT2D eigenvalue weighted by molar-refractivity contribution is 0.100. The minimum atomic E-state index is -3.84. The number of benzene rings is 3. The molecule has 0 spiro atoms. The number of Topliss-reactive ketones (excluding diaryl/α,β-unsaturated/α-hetero) is 1. The number of carbonyl (C=O) groups is 1. The maximum atomic E-state index is 13.3. The minimum absolute atomic E-state index is 0.0520. The number of hydrogen-bond donors (Lipinski definition) is 0. The Morgan fingerprint density at radius 3 is 2.07 bits per heavy atom. The summed E-state index contributed by atoms with van der Waals surface area (Å²) >= 11 is 0. The van der Waals surface area contributed by atoms with Gasteiger partial charge in [-0.2, -0.15) is 0 Å². The fourth-order valence-electron chi connectivity index (χ4n) is 3.14. The molecule has 0 saturated heterocycles. The number of rotatable bonds is 3. The van der Waals surface area contributed by atoms with Gasteiger partial charge in [-0.05, 0) is 29.3 Å². The van der Waals surface area contributed by atoms with E-state index in [0.29, 0.717) is 0 Å². The number of carbonyl (C=O) groups excluding carboxylic acids is 1. The summed E-state index contributed by atoms with van der Waals surface area (Å²) in [5.41, 5.74) is 1.95. The maximum Gasteiger partial charge on any atom is 0.265 e. The Balaban J connectivity index is 1.91. The van der Waals surface area contributed by atoms with E-state index >= 15 is 0 Å². The molecule has 1 aliphatic heterocycles. The molecule has 3 aromatic carbocycles. The molecule has 0 unspecified atom stereocenters. The normalized spacial score (nSPS) is 17.0. The molecular formula is C22H17NO3S. The van der Waals surface area contributed by atoms with Crippen molar-refractivity contribution in [1.29, 1.82) is 0 Å². The van der Waals surface area contributed by atoms with Crippen molar-refractivity contribution in [2.24, 2.45) is 0 Å². The number of fused-ring (bicyclic) bond motifs is 1. The van der Waals surface area contributed by atoms with E-state index < -0.39 is 10.0 Å². The Morgan fingerprint density at radius 1 is 0.778 bits per heavy atom. The SMILES string of the molecule is O=C1C(=Cc2ccccc2)N(Cc2ccccc2)S(=O)(=O)c2ccccc21. The van der Waals surface area contributed by atoms with Gasteiger partial charge in [0.1, 0.15) is 5.70 Å². The van der Waals surface area contributed by atoms with Crippen LogP contribution in [0.4, 0.5) is 0 Å². The number of hydrogen-bond acceptors (Lipinski definition) is 3. The first-order chi connectivity index (χ1) is 13.1. The van der Waals surface area contributed by atoms with E-state index in [1.807, 2.05) is 60.7 Å². The molecule has 0 N–H and O–H groups in total. The summed E-state index contributed by atoms with van der Waals surface area (Å²) in [6, 6.07) is 24.9. The third-order valence-corrected chi connectivity index (χ3v) is 6.29. The van der Waals surface area contributed by atoms with Gasteiger partial charge in [-0.3, -0.25) is 9.10 Å². The van der Waals surface area contributed by atoms with Gasteiger partial charge in [-0.15, -0.1) is 0 Å². The molecule has 0 radical (unpaired) electrons. The van der Waals surface area contributed by atoms with Crippen LogP contribution in [0.3, 0.4) is 0 Å². The molecule has 1 aliphatic rings. The van der Waals surface area contributed by atoms with Crippen LogP contribution in [0, 0.1) is 0 Å². The zero-order valence-electron chi connectivity index (χ0n) is 14.4. The predicted molar refractivity (Wildman–Crippen MR) is 104 cm³/mol. The molecule has 0 saturated carbocycles. The quantitative estimate of drug-likeness (QED) is 0.647. The molecule has 0 bridgehead atoms. The van der Waals surface area contributed by atoms with E-state index in [9.17, 15) is 13.2 Å². The van der Waals surface area contributed by atoms with Crippen molar-refractivity contribution < 1.29 is 13.2 Å². The molecule has 134 valence electrons. The lowest BCUT2D eigenvalue weighted by Crippen LogP contribution is -2.38. The third-order valence-electron chi connectivity index (χ3n) is 4.47. The lowest BCUT2D eigenvalue weighted by atomic mass is 10.0. The van der Waals surface area contributed by atoms with Gasteiger partial charge in [0.25, 0.3) is 10.0 Å². The van der Waals surface area contributed by atoms with Crippen LogP contribution in [-0.4, -0.2) is 18.5 Å². The average molecular weight is 375 g/mol. The van der Waals surface area contributed by atoms with Gasteiger partial charge in [0.2, 0.25) is 5.78 Å². The zero-order chi connectivity index (χ0) is 18.9. The molecule has 0 amide bonds. The number of allylic oxidation sites excluding steroid dienone is 1. The number of sulfonamides is 1. The van der Waals surface area contributed by atoms with Crippen LogP contribution in [0.1, 0.15) is 21.5 Å². The van der Waals surface area contributed by atoms with Crippen LogP contribution in [-0.2, 0) is 16.6 Å². The van der Waals surface area contributed by atoms with E-state index in [1.54, 1.807) is 24.3 Å². The minimum Gasteiger partial charge on any atom is -0.287 e. The van der Waals surface area contributed by atoms with Crippen LogP contribution in [0.2, 0.25) is 0 Å². The Bertz CT molecular complexity index is 1120. The van der Waals surface area contributed by atoms with Crippen molar-refractivity contribution in [3.63, 3.8) is 0 Å². The fourth-order valence-corrected chi connectivity index (χ4v) is 4.78. The van der Waals surface area contributed by atoms with Gasteiger partial charge in [0.05, 0.1) is 11.4 Å². The van der Waals surface area contributed by atoms with Gasteiger partial charge < -0.3 is 0 Å². The highest BCUT2D eigenvalue weighted by atomic mass is 32.2. The summed E-state index contributed by atoms with van der Waals surface area (Å²) in [5.74, 6) is -0.291. The van der Waals surface area contributed by atoms with Crippen LogP contribution in [0.15, 0.2) is 95.5 Å². The van der Waals surface area contributed by atoms with E-state index in [4.69, 9.17) is 0 Å². The molecule has 3 aromatic rings. The lowest BCUT2D eigenvalue weighted by Gasteiger charge is -2.31. The highest BCUT2D eigenvalue weighted by Gasteiger charge is 2.39. The fraction of sp³-hybridized carbons (Fsp3) is 0.0455. The van der Waals surface area contributed by atoms with Gasteiger partial charge in [-0.25, -0.2) is 8.42 Å². The van der Waals surface area contributed by atoms with Crippen LogP contribution >= 0.6 is 0 Å². The molecular weight excluding hydrogens is 358 g/mol. The Morgan fingerprint density at radius 2 is 1.37 bits per heavy atom. The third kappa shape index (κ3) is 3.17. The Labute approximate surface area is 158 Å². The summed E-state index contributed by atoms with van der Waals surface area (Å²) in [4.78, 5) is 13.2. The van der Waals surface area contributed by atoms with Crippen molar-refractivity contribution >= 4 is 21.9 Å². The van der Waals surface area contributed by atoms with Crippen molar-refractivity contribution in [2.45, 2.75) is 11.4 Å². The second kappa shape index (κ2) is 6.85. The van der Waals surface area contributed by atoms with Crippen molar-refractivity contribution in [2.75, 3.05) is 0 Å². The molecule has 4 nitrogen and oxygen atoms in total. The molecule has 4 rings (SSSR count). The summed E-state index contributed by atoms with van der Waals surface area (Å²) in [7, 11) is -3.84. The summed E-state index contributed by atoms with van der Waals surface area (Å²) in [6.07, 6.45) is 1.64. The smallest absolute Gasteiger partial charge is 0.265 e. The molecule has 0 fully saturated rings. The van der Waals surface area contributed by atoms with Crippen LogP contribution in [0.5, 0.6) is 0 Å². The zero-order valence-corrected chi connectivity index (χ0v) is 15.3. The van der Waals surface area contributed by atoms with E-state index in [-0.39, 0.29) is 28.5 Å². The van der Waals surface area contributed by atoms with Gasteiger partial charge in [0, 0.05) is 5.56 Å². The first kappa shape index (κ1) is 17.2. The largest absolute Gasteiger partial charge is 0.287 e. The summed E-state index contributed by atoms with van der Waals surface area (Å²) in [6.45, 7) is 0.0991. The molecule has 0 atom stereocenters. The van der Waals surface area contributed by atoms with Gasteiger partial charge in [0.15, 0.2) is 0 Å². The highest BCUT2D eigenvalue weighted by Crippen LogP contribution is 2.34. The van der Waals surface area contributed by atoms with Crippen molar-refractivity contribution in [1.82, 2.24) is 4.31 Å². The predicted octanol–water partition coefficient (Wildman–Crippen LogP) is 4.11. The molecule has 27 heavy (non-hydrogen) atoms. The van der Waals surface area contributed by atoms with E-state index in [0.717, 1.165) is 11.1 Å². The molecule has 0 aromatic heterocycles. The summed E-state index contributed by atoms with van der Waals surface area (Å²) in [5, 5.41) is 0. The molecule has 5 heteroatoms. The standard InChI is InChI=1S/C22H17NO3S/c24-22-19-13-7-8-14-21(19)27(25,26)23(16-18-11-5-2-6-12-18)20(22)15-17-9-3-1-4-10-17/h1-15H,16H2. The van der Waals surface area contributed by atoms with E-state index in [2.05, 4.69) is 0 Å². The van der Waals surface area contributed by atoms with Crippen molar-refractivity contribution in [3.05, 3.63) is 107 Å². The van der Waals surface area contributed by atoms with Crippen LogP contribution in [0.25, 0.3) is 6.08 Å². The Hall–Kier alpha value is -3.18. The first-order valence-corrected chi connectivity index (χ1v) is 9.98. The van der Waals surface area contributed by atoms with Crippen molar-refractivity contribution in [3.8, 4) is 0 Å². The highest BCUT2D eigenvalue weighted by molar-refractivity contribution is 7.89. The van der Waals surface area contributed by atoms with E-state index in [1.165, 1.54) is 10.4 Å².